The molecular weight excluding hydrogens is 403 g/mol. The first-order valence-corrected chi connectivity index (χ1v) is 9.81. The van der Waals surface area contributed by atoms with Crippen LogP contribution in [0.5, 0.6) is 0 Å². The molecule has 0 bridgehead atoms. The first kappa shape index (κ1) is 23.6. The number of nitrogens with zero attached hydrogens (tertiary/aromatic N) is 2. The first-order chi connectivity index (χ1) is 14.0. The number of amides is 1. The molecule has 0 aliphatic heterocycles. The summed E-state index contributed by atoms with van der Waals surface area (Å²) in [6, 6.07) is 17.6. The topological polar surface area (TPSA) is 75.0 Å². The van der Waals surface area contributed by atoms with Crippen LogP contribution >= 0.6 is 12.4 Å². The summed E-state index contributed by atoms with van der Waals surface area (Å²) in [6.07, 6.45) is 1.54. The van der Waals surface area contributed by atoms with Crippen molar-refractivity contribution in [1.82, 2.24) is 15.1 Å². The van der Waals surface area contributed by atoms with Gasteiger partial charge in [-0.2, -0.15) is 5.10 Å². The van der Waals surface area contributed by atoms with E-state index in [0.717, 1.165) is 29.7 Å². The Bertz CT molecular complexity index is 947. The number of H-pyrrole nitrogens is 1. The molecule has 0 saturated heterocycles. The van der Waals surface area contributed by atoms with Gasteiger partial charge in [-0.05, 0) is 36.6 Å². The van der Waals surface area contributed by atoms with Crippen molar-refractivity contribution in [3.8, 4) is 11.3 Å². The lowest BCUT2D eigenvalue weighted by atomic mass is 9.94. The summed E-state index contributed by atoms with van der Waals surface area (Å²) in [5.41, 5.74) is 9.65. The number of hydrogen-bond acceptors (Lipinski definition) is 3. The third kappa shape index (κ3) is 5.90. The number of nitrogens with one attached hydrogen (secondary N) is 1. The van der Waals surface area contributed by atoms with Crippen LogP contribution in [0.4, 0.5) is 4.39 Å². The van der Waals surface area contributed by atoms with Gasteiger partial charge in [0.25, 0.3) is 0 Å². The summed E-state index contributed by atoms with van der Waals surface area (Å²) in [7, 11) is 1.81. The maximum atomic E-state index is 13.4. The van der Waals surface area contributed by atoms with Gasteiger partial charge in [0, 0.05) is 30.9 Å². The molecule has 0 spiro atoms. The van der Waals surface area contributed by atoms with Crippen molar-refractivity contribution in [2.24, 2.45) is 11.7 Å². The summed E-state index contributed by atoms with van der Waals surface area (Å²) in [4.78, 5) is 14.4. The third-order valence-corrected chi connectivity index (χ3v) is 5.18. The predicted molar refractivity (Wildman–Crippen MR) is 120 cm³/mol. The Morgan fingerprint density at radius 2 is 1.90 bits per heavy atom. The van der Waals surface area contributed by atoms with Crippen molar-refractivity contribution in [3.05, 3.63) is 77.7 Å². The first-order valence-electron chi connectivity index (χ1n) is 9.81. The molecule has 0 saturated carbocycles. The molecule has 0 aliphatic rings. The van der Waals surface area contributed by atoms with Crippen LogP contribution < -0.4 is 5.73 Å². The van der Waals surface area contributed by atoms with Crippen molar-refractivity contribution >= 4 is 18.3 Å². The molecule has 0 fully saturated rings. The van der Waals surface area contributed by atoms with E-state index in [0.29, 0.717) is 12.2 Å². The van der Waals surface area contributed by atoms with Crippen LogP contribution in [0.1, 0.15) is 30.6 Å². The highest BCUT2D eigenvalue weighted by Gasteiger charge is 2.24. The quantitative estimate of drug-likeness (QED) is 0.557. The van der Waals surface area contributed by atoms with Crippen LogP contribution in [0.2, 0.25) is 0 Å². The van der Waals surface area contributed by atoms with Crippen molar-refractivity contribution in [2.45, 2.75) is 25.8 Å². The summed E-state index contributed by atoms with van der Waals surface area (Å²) < 4.78 is 13.4. The van der Waals surface area contributed by atoms with Gasteiger partial charge >= 0.3 is 0 Å². The van der Waals surface area contributed by atoms with E-state index in [1.165, 1.54) is 12.1 Å². The molecule has 5 nitrogen and oxygen atoms in total. The van der Waals surface area contributed by atoms with E-state index in [4.69, 9.17) is 5.73 Å². The van der Waals surface area contributed by atoms with E-state index >= 15 is 0 Å². The standard InChI is InChI=1S/C23H27FN4O.ClH/c1-16(22(25)17-8-4-3-5-9-17)23(29)28(2)13-7-12-20-15-21(27-26-20)18-10-6-11-19(24)14-18;/h3-6,8-11,14-16,22H,7,12-13,25H2,1-2H3,(H,26,27);1H. The monoisotopic (exact) mass is 430 g/mol. The van der Waals surface area contributed by atoms with E-state index in [2.05, 4.69) is 10.2 Å². The lowest BCUT2D eigenvalue weighted by molar-refractivity contribution is -0.134. The number of carbonyl (C=O) groups is 1. The number of halogens is 2. The number of rotatable bonds is 8. The number of aryl methyl sites for hydroxylation is 1. The molecule has 1 aromatic heterocycles. The van der Waals surface area contributed by atoms with Crippen LogP contribution in [0.25, 0.3) is 11.3 Å². The Balaban J connectivity index is 0.00000320. The van der Waals surface area contributed by atoms with Gasteiger partial charge in [-0.1, -0.05) is 49.4 Å². The fourth-order valence-corrected chi connectivity index (χ4v) is 3.37. The van der Waals surface area contributed by atoms with Gasteiger partial charge in [0.1, 0.15) is 5.82 Å². The minimum absolute atomic E-state index is 0. The number of aromatic amines is 1. The zero-order valence-electron chi connectivity index (χ0n) is 17.2. The Hall–Kier alpha value is -2.70. The number of benzene rings is 2. The van der Waals surface area contributed by atoms with Gasteiger partial charge in [0.2, 0.25) is 5.91 Å². The van der Waals surface area contributed by atoms with Gasteiger partial charge < -0.3 is 10.6 Å². The highest BCUT2D eigenvalue weighted by molar-refractivity contribution is 5.85. The molecule has 7 heteroatoms. The summed E-state index contributed by atoms with van der Waals surface area (Å²) >= 11 is 0. The third-order valence-electron chi connectivity index (χ3n) is 5.18. The molecule has 30 heavy (non-hydrogen) atoms. The van der Waals surface area contributed by atoms with Crippen molar-refractivity contribution in [3.63, 3.8) is 0 Å². The smallest absolute Gasteiger partial charge is 0.227 e. The molecule has 3 N–H and O–H groups in total. The van der Waals surface area contributed by atoms with Crippen LogP contribution in [-0.2, 0) is 11.2 Å². The number of hydrogen-bond donors (Lipinski definition) is 2. The van der Waals surface area contributed by atoms with E-state index in [-0.39, 0.29) is 36.1 Å². The molecular formula is C23H28ClFN4O. The zero-order chi connectivity index (χ0) is 20.8. The second kappa shape index (κ2) is 10.9. The Morgan fingerprint density at radius 3 is 2.60 bits per heavy atom. The predicted octanol–water partition coefficient (Wildman–Crippen LogP) is 4.36. The minimum Gasteiger partial charge on any atom is -0.345 e. The summed E-state index contributed by atoms with van der Waals surface area (Å²) in [5.74, 6) is -0.546. The number of nitrogens with two attached hydrogens (primary N) is 1. The largest absolute Gasteiger partial charge is 0.345 e. The summed E-state index contributed by atoms with van der Waals surface area (Å²) in [5, 5.41) is 7.25. The second-order valence-electron chi connectivity index (χ2n) is 7.38. The maximum Gasteiger partial charge on any atom is 0.227 e. The van der Waals surface area contributed by atoms with Gasteiger partial charge in [-0.3, -0.25) is 9.89 Å². The molecule has 2 aromatic carbocycles. The van der Waals surface area contributed by atoms with Crippen LogP contribution in [0.15, 0.2) is 60.7 Å². The SMILES string of the molecule is CC(C(=O)N(C)CCCc1cc(-c2cccc(F)c2)n[nH]1)C(N)c1ccccc1.Cl. The summed E-state index contributed by atoms with van der Waals surface area (Å²) in [6.45, 7) is 2.50. The molecule has 3 aromatic rings. The molecule has 1 amide bonds. The lowest BCUT2D eigenvalue weighted by Gasteiger charge is -2.25. The molecule has 3 rings (SSSR count). The van der Waals surface area contributed by atoms with Crippen molar-refractivity contribution in [2.75, 3.05) is 13.6 Å². The van der Waals surface area contributed by atoms with E-state index in [1.807, 2.05) is 56.4 Å². The fraction of sp³-hybridized carbons (Fsp3) is 0.304. The molecule has 160 valence electrons. The van der Waals surface area contributed by atoms with E-state index in [9.17, 15) is 9.18 Å². The highest BCUT2D eigenvalue weighted by atomic mass is 35.5. The maximum absolute atomic E-state index is 13.4. The molecule has 2 unspecified atom stereocenters. The van der Waals surface area contributed by atoms with Crippen molar-refractivity contribution in [1.29, 1.82) is 0 Å². The minimum atomic E-state index is -0.326. The average molecular weight is 431 g/mol. The Morgan fingerprint density at radius 1 is 1.17 bits per heavy atom. The molecule has 0 aliphatic carbocycles. The molecule has 2 atom stereocenters. The Kier molecular flexibility index (Phi) is 8.57. The van der Waals surface area contributed by atoms with Crippen LogP contribution in [-0.4, -0.2) is 34.6 Å². The van der Waals surface area contributed by atoms with Crippen LogP contribution in [0, 0.1) is 11.7 Å². The van der Waals surface area contributed by atoms with Gasteiger partial charge in [0.15, 0.2) is 0 Å². The van der Waals surface area contributed by atoms with Gasteiger partial charge in [0.05, 0.1) is 11.6 Å². The second-order valence-corrected chi connectivity index (χ2v) is 7.38. The van der Waals surface area contributed by atoms with Gasteiger partial charge in [-0.25, -0.2) is 4.39 Å². The zero-order valence-corrected chi connectivity index (χ0v) is 18.0. The fourth-order valence-electron chi connectivity index (χ4n) is 3.37. The van der Waals surface area contributed by atoms with Crippen molar-refractivity contribution < 1.29 is 9.18 Å². The lowest BCUT2D eigenvalue weighted by Crippen LogP contribution is -2.37. The number of carbonyl (C=O) groups excluding carboxylic acids is 1. The molecule has 0 radical (unpaired) electrons. The molecule has 1 heterocycles. The van der Waals surface area contributed by atoms with E-state index < -0.39 is 0 Å². The van der Waals surface area contributed by atoms with Gasteiger partial charge in [-0.15, -0.1) is 12.4 Å². The Labute approximate surface area is 182 Å². The highest BCUT2D eigenvalue weighted by Crippen LogP contribution is 2.21. The average Bonchev–Trinajstić information content (AvgIpc) is 3.21. The number of aromatic nitrogens is 2. The normalized spacial score (nSPS) is 12.7. The van der Waals surface area contributed by atoms with Crippen LogP contribution in [0.3, 0.4) is 0 Å². The van der Waals surface area contributed by atoms with E-state index in [1.54, 1.807) is 11.0 Å².